The number of carbonyl (C=O) groups excluding carboxylic acids is 2. The highest BCUT2D eigenvalue weighted by Crippen LogP contribution is 2.22. The van der Waals surface area contributed by atoms with Crippen LogP contribution in [0, 0.1) is 0 Å². The number of carbonyl (C=O) groups is 2. The first-order chi connectivity index (χ1) is 9.45. The van der Waals surface area contributed by atoms with Gasteiger partial charge in [-0.3, -0.25) is 14.5 Å². The summed E-state index contributed by atoms with van der Waals surface area (Å²) < 4.78 is 0. The largest absolute Gasteiger partial charge is 0.354 e. The predicted octanol–water partition coefficient (Wildman–Crippen LogP) is 1.75. The molecular formula is C13H15Cl2N3O2. The highest BCUT2D eigenvalue weighted by atomic mass is 35.5. The van der Waals surface area contributed by atoms with Crippen molar-refractivity contribution in [3.05, 3.63) is 28.2 Å². The van der Waals surface area contributed by atoms with Gasteiger partial charge in [-0.2, -0.15) is 0 Å². The minimum Gasteiger partial charge on any atom is -0.354 e. The van der Waals surface area contributed by atoms with Crippen LogP contribution in [0.5, 0.6) is 0 Å². The van der Waals surface area contributed by atoms with Gasteiger partial charge in [-0.25, -0.2) is 0 Å². The summed E-state index contributed by atoms with van der Waals surface area (Å²) in [5.41, 5.74) is 0.542. The molecule has 1 heterocycles. The first-order valence-corrected chi connectivity index (χ1v) is 6.99. The summed E-state index contributed by atoms with van der Waals surface area (Å²) in [6.45, 7) is 3.20. The van der Waals surface area contributed by atoms with E-state index < -0.39 is 6.04 Å². The third-order valence-corrected chi connectivity index (χ3v) is 3.56. The van der Waals surface area contributed by atoms with Crippen molar-refractivity contribution < 1.29 is 9.59 Å². The van der Waals surface area contributed by atoms with Gasteiger partial charge in [0.15, 0.2) is 0 Å². The Morgan fingerprint density at radius 2 is 2.00 bits per heavy atom. The molecule has 0 bridgehead atoms. The molecule has 7 heteroatoms. The van der Waals surface area contributed by atoms with Crippen LogP contribution in [0.2, 0.25) is 10.0 Å². The summed E-state index contributed by atoms with van der Waals surface area (Å²) in [5, 5.41) is 6.39. The summed E-state index contributed by atoms with van der Waals surface area (Å²) >= 11 is 11.8. The summed E-state index contributed by atoms with van der Waals surface area (Å²) in [7, 11) is 0. The van der Waals surface area contributed by atoms with E-state index >= 15 is 0 Å². The summed E-state index contributed by atoms with van der Waals surface area (Å²) in [6, 6.07) is 4.44. The first-order valence-electron chi connectivity index (χ1n) is 6.23. The molecular weight excluding hydrogens is 301 g/mol. The van der Waals surface area contributed by atoms with E-state index in [1.807, 2.05) is 4.90 Å². The lowest BCUT2D eigenvalue weighted by molar-refractivity contribution is -0.127. The molecule has 0 spiro atoms. The molecule has 1 fully saturated rings. The van der Waals surface area contributed by atoms with Gasteiger partial charge in [-0.15, -0.1) is 0 Å². The molecule has 1 aliphatic rings. The number of piperazine rings is 1. The van der Waals surface area contributed by atoms with Gasteiger partial charge in [-0.05, 0) is 25.1 Å². The van der Waals surface area contributed by atoms with Crippen molar-refractivity contribution in [2.75, 3.05) is 25.0 Å². The highest BCUT2D eigenvalue weighted by Gasteiger charge is 2.26. The average Bonchev–Trinajstić information content (AvgIpc) is 2.36. The Morgan fingerprint density at radius 1 is 1.35 bits per heavy atom. The maximum absolute atomic E-state index is 12.2. The van der Waals surface area contributed by atoms with Crippen LogP contribution in [0.25, 0.3) is 0 Å². The molecule has 0 aromatic heterocycles. The Morgan fingerprint density at radius 3 is 2.60 bits per heavy atom. The molecule has 1 atom stereocenters. The molecule has 0 unspecified atom stereocenters. The van der Waals surface area contributed by atoms with Gasteiger partial charge in [0.05, 0.1) is 12.6 Å². The second-order valence-electron chi connectivity index (χ2n) is 4.64. The molecule has 5 nitrogen and oxygen atoms in total. The lowest BCUT2D eigenvalue weighted by atomic mass is 10.2. The molecule has 20 heavy (non-hydrogen) atoms. The summed E-state index contributed by atoms with van der Waals surface area (Å²) in [4.78, 5) is 25.3. The Hall–Kier alpha value is -1.30. The van der Waals surface area contributed by atoms with E-state index in [0.717, 1.165) is 0 Å². The Kier molecular flexibility index (Phi) is 4.86. The molecule has 1 aromatic rings. The van der Waals surface area contributed by atoms with E-state index in [0.29, 0.717) is 28.8 Å². The number of hydrogen-bond acceptors (Lipinski definition) is 3. The normalized spacial score (nSPS) is 17.4. The minimum atomic E-state index is -0.404. The van der Waals surface area contributed by atoms with Crippen molar-refractivity contribution >= 4 is 40.7 Å². The van der Waals surface area contributed by atoms with Crippen molar-refractivity contribution in [2.45, 2.75) is 13.0 Å². The summed E-state index contributed by atoms with van der Waals surface area (Å²) in [5.74, 6) is -0.264. The van der Waals surface area contributed by atoms with Crippen molar-refractivity contribution in [1.29, 1.82) is 0 Å². The van der Waals surface area contributed by atoms with Crippen molar-refractivity contribution in [3.8, 4) is 0 Å². The van der Waals surface area contributed by atoms with E-state index in [9.17, 15) is 9.59 Å². The Balaban J connectivity index is 2.01. The van der Waals surface area contributed by atoms with Gasteiger partial charge >= 0.3 is 0 Å². The van der Waals surface area contributed by atoms with Crippen LogP contribution in [0.4, 0.5) is 5.69 Å². The number of benzene rings is 1. The third kappa shape index (κ3) is 3.85. The van der Waals surface area contributed by atoms with E-state index in [-0.39, 0.29) is 18.4 Å². The van der Waals surface area contributed by atoms with Crippen LogP contribution in [0.1, 0.15) is 6.92 Å². The number of halogens is 2. The van der Waals surface area contributed by atoms with Gasteiger partial charge in [0.1, 0.15) is 0 Å². The fourth-order valence-electron chi connectivity index (χ4n) is 2.03. The number of hydrogen-bond donors (Lipinski definition) is 2. The fraction of sp³-hybridized carbons (Fsp3) is 0.385. The zero-order valence-corrected chi connectivity index (χ0v) is 12.5. The molecule has 108 valence electrons. The standard InChI is InChI=1S/C13H15Cl2N3O2/c1-8(18-3-2-16-12(19)7-18)13(20)17-11-5-9(14)4-10(15)6-11/h4-6,8H,2-3,7H2,1H3,(H,16,19)(H,17,20)/t8-/m1/s1. The van der Waals surface area contributed by atoms with Crippen LogP contribution in [0.15, 0.2) is 18.2 Å². The fourth-order valence-corrected chi connectivity index (χ4v) is 2.55. The lowest BCUT2D eigenvalue weighted by Gasteiger charge is -2.31. The third-order valence-electron chi connectivity index (χ3n) is 3.13. The van der Waals surface area contributed by atoms with Crippen LogP contribution in [0.3, 0.4) is 0 Å². The molecule has 1 aliphatic heterocycles. The number of rotatable bonds is 3. The van der Waals surface area contributed by atoms with Crippen LogP contribution >= 0.6 is 23.2 Å². The second kappa shape index (κ2) is 6.43. The zero-order valence-electron chi connectivity index (χ0n) is 11.0. The van der Waals surface area contributed by atoms with E-state index in [2.05, 4.69) is 10.6 Å². The SMILES string of the molecule is C[C@H](C(=O)Nc1cc(Cl)cc(Cl)c1)N1CCNC(=O)C1. The number of amides is 2. The van der Waals surface area contributed by atoms with E-state index in [1.165, 1.54) is 0 Å². The second-order valence-corrected chi connectivity index (χ2v) is 5.52. The molecule has 0 saturated carbocycles. The number of nitrogens with one attached hydrogen (secondary N) is 2. The van der Waals surface area contributed by atoms with Gasteiger partial charge in [0, 0.05) is 28.8 Å². The first kappa shape index (κ1) is 15.1. The molecule has 0 radical (unpaired) electrons. The van der Waals surface area contributed by atoms with Gasteiger partial charge in [-0.1, -0.05) is 23.2 Å². The van der Waals surface area contributed by atoms with E-state index in [4.69, 9.17) is 23.2 Å². The topological polar surface area (TPSA) is 61.4 Å². The van der Waals surface area contributed by atoms with Crippen LogP contribution < -0.4 is 10.6 Å². The maximum Gasteiger partial charge on any atom is 0.241 e. The van der Waals surface area contributed by atoms with Gasteiger partial charge in [0.25, 0.3) is 0 Å². The van der Waals surface area contributed by atoms with E-state index in [1.54, 1.807) is 25.1 Å². The average molecular weight is 316 g/mol. The van der Waals surface area contributed by atoms with Crippen molar-refractivity contribution in [3.63, 3.8) is 0 Å². The van der Waals surface area contributed by atoms with Gasteiger partial charge in [0.2, 0.25) is 11.8 Å². The zero-order chi connectivity index (χ0) is 14.7. The molecule has 0 aliphatic carbocycles. The number of nitrogens with zero attached hydrogens (tertiary/aromatic N) is 1. The predicted molar refractivity (Wildman–Crippen MR) is 79.1 cm³/mol. The van der Waals surface area contributed by atoms with Crippen LogP contribution in [-0.2, 0) is 9.59 Å². The number of anilines is 1. The molecule has 2 rings (SSSR count). The smallest absolute Gasteiger partial charge is 0.241 e. The molecule has 2 N–H and O–H groups in total. The van der Waals surface area contributed by atoms with Crippen molar-refractivity contribution in [1.82, 2.24) is 10.2 Å². The monoisotopic (exact) mass is 315 g/mol. The maximum atomic E-state index is 12.2. The quantitative estimate of drug-likeness (QED) is 0.893. The minimum absolute atomic E-state index is 0.0679. The molecule has 1 saturated heterocycles. The van der Waals surface area contributed by atoms with Crippen molar-refractivity contribution in [2.24, 2.45) is 0 Å². The van der Waals surface area contributed by atoms with Gasteiger partial charge < -0.3 is 10.6 Å². The lowest BCUT2D eigenvalue weighted by Crippen LogP contribution is -2.53. The van der Waals surface area contributed by atoms with Crippen LogP contribution in [-0.4, -0.2) is 42.4 Å². The summed E-state index contributed by atoms with van der Waals surface area (Å²) in [6.07, 6.45) is 0. The highest BCUT2D eigenvalue weighted by molar-refractivity contribution is 6.35. The Labute approximate surface area is 127 Å². The Bertz CT molecular complexity index is 516. The molecule has 1 aromatic carbocycles. The molecule has 2 amide bonds.